The molecule has 1 heterocycles. The molecule has 0 amide bonds. The van der Waals surface area contributed by atoms with Crippen LogP contribution in [0.25, 0.3) is 0 Å². The molecule has 0 spiro atoms. The van der Waals surface area contributed by atoms with Crippen molar-refractivity contribution in [2.45, 2.75) is 63.1 Å². The summed E-state index contributed by atoms with van der Waals surface area (Å²) in [4.78, 5) is 0. The smallest absolute Gasteiger partial charge is 0.137 e. The standard InChI is InChI=1S/C16H24BrFSi/c1-2-3-4-9-19-10-7-13(8-11-19)14-5-6-15(17)16(18)12-14/h5-6,12-13,19H,2-4,7-11H2,1H3. The molecule has 0 nitrogen and oxygen atoms in total. The van der Waals surface area contributed by atoms with Gasteiger partial charge in [-0.15, -0.1) is 0 Å². The zero-order chi connectivity index (χ0) is 13.7. The lowest BCUT2D eigenvalue weighted by Gasteiger charge is -2.28. The molecule has 1 aliphatic rings. The van der Waals surface area contributed by atoms with E-state index < -0.39 is 8.80 Å². The van der Waals surface area contributed by atoms with E-state index in [9.17, 15) is 4.39 Å². The summed E-state index contributed by atoms with van der Waals surface area (Å²) in [6, 6.07) is 10.1. The molecule has 0 N–H and O–H groups in total. The first-order valence-electron chi connectivity index (χ1n) is 7.65. The van der Waals surface area contributed by atoms with Gasteiger partial charge in [-0.05, 0) is 52.4 Å². The minimum absolute atomic E-state index is 0.111. The van der Waals surface area contributed by atoms with Crippen LogP contribution in [0.3, 0.4) is 0 Å². The Morgan fingerprint density at radius 1 is 1.26 bits per heavy atom. The van der Waals surface area contributed by atoms with Gasteiger partial charge in [-0.3, -0.25) is 0 Å². The van der Waals surface area contributed by atoms with Crippen LogP contribution in [0.15, 0.2) is 22.7 Å². The SMILES string of the molecule is CCCCC[SiH]1CCC(c2ccc(Br)c(F)c2)CC1. The van der Waals surface area contributed by atoms with Gasteiger partial charge in [0.1, 0.15) is 5.82 Å². The molecule has 0 bridgehead atoms. The Kier molecular flexibility index (Phi) is 6.08. The first-order valence-corrected chi connectivity index (χ1v) is 10.9. The maximum atomic E-state index is 13.6. The largest absolute Gasteiger partial charge is 0.206 e. The third-order valence-corrected chi connectivity index (χ3v) is 8.65. The highest BCUT2D eigenvalue weighted by Crippen LogP contribution is 2.36. The van der Waals surface area contributed by atoms with Crippen molar-refractivity contribution < 1.29 is 4.39 Å². The molecule has 1 aromatic carbocycles. The Labute approximate surface area is 126 Å². The van der Waals surface area contributed by atoms with E-state index in [1.54, 1.807) is 6.07 Å². The average molecular weight is 343 g/mol. The Hall–Kier alpha value is -0.153. The van der Waals surface area contributed by atoms with Crippen LogP contribution in [-0.2, 0) is 0 Å². The summed E-state index contributed by atoms with van der Waals surface area (Å²) in [6.45, 7) is 2.28. The van der Waals surface area contributed by atoms with Crippen molar-refractivity contribution in [1.82, 2.24) is 0 Å². The van der Waals surface area contributed by atoms with Gasteiger partial charge in [0.15, 0.2) is 0 Å². The summed E-state index contributed by atoms with van der Waals surface area (Å²) in [5, 5.41) is 0. The Morgan fingerprint density at radius 2 is 2.00 bits per heavy atom. The van der Waals surface area contributed by atoms with E-state index in [0.29, 0.717) is 10.4 Å². The predicted molar refractivity (Wildman–Crippen MR) is 87.2 cm³/mol. The second-order valence-electron chi connectivity index (χ2n) is 5.89. The van der Waals surface area contributed by atoms with Crippen LogP contribution < -0.4 is 0 Å². The van der Waals surface area contributed by atoms with E-state index in [0.717, 1.165) is 0 Å². The maximum absolute atomic E-state index is 13.6. The van der Waals surface area contributed by atoms with Gasteiger partial charge in [0.05, 0.1) is 4.47 Å². The first kappa shape index (κ1) is 15.2. The summed E-state index contributed by atoms with van der Waals surface area (Å²) in [5.74, 6) is 0.498. The van der Waals surface area contributed by atoms with Gasteiger partial charge in [-0.1, -0.05) is 50.4 Å². The molecule has 0 radical (unpaired) electrons. The molecule has 1 aromatic rings. The topological polar surface area (TPSA) is 0 Å². The third-order valence-electron chi connectivity index (χ3n) is 4.48. The summed E-state index contributed by atoms with van der Waals surface area (Å²) >= 11 is 3.23. The van der Waals surface area contributed by atoms with Crippen LogP contribution >= 0.6 is 15.9 Å². The number of hydrogen-bond donors (Lipinski definition) is 0. The second kappa shape index (κ2) is 7.58. The van der Waals surface area contributed by atoms with Crippen LogP contribution in [0.1, 0.15) is 50.5 Å². The minimum atomic E-state index is -0.445. The van der Waals surface area contributed by atoms with Gasteiger partial charge in [0.25, 0.3) is 0 Å². The normalized spacial score (nSPS) is 23.5. The third kappa shape index (κ3) is 4.42. The average Bonchev–Trinajstić information content (AvgIpc) is 2.43. The fourth-order valence-corrected chi connectivity index (χ4v) is 6.96. The molecular formula is C16H24BrFSi. The van der Waals surface area contributed by atoms with Crippen LogP contribution in [-0.4, -0.2) is 8.80 Å². The zero-order valence-corrected chi connectivity index (χ0v) is 14.5. The van der Waals surface area contributed by atoms with Crippen LogP contribution in [0.2, 0.25) is 18.1 Å². The fourth-order valence-electron chi connectivity index (χ4n) is 3.23. The number of rotatable bonds is 5. The van der Waals surface area contributed by atoms with Gasteiger partial charge < -0.3 is 0 Å². The quantitative estimate of drug-likeness (QED) is 0.462. The number of halogens is 2. The van der Waals surface area contributed by atoms with E-state index in [1.807, 2.05) is 6.07 Å². The van der Waals surface area contributed by atoms with Crippen LogP contribution in [0, 0.1) is 5.82 Å². The van der Waals surface area contributed by atoms with Crippen molar-refractivity contribution in [3.8, 4) is 0 Å². The van der Waals surface area contributed by atoms with Crippen LogP contribution in [0.5, 0.6) is 0 Å². The highest BCUT2D eigenvalue weighted by Gasteiger charge is 2.23. The Balaban J connectivity index is 1.84. The molecule has 1 fully saturated rings. The lowest BCUT2D eigenvalue weighted by molar-refractivity contribution is 0.584. The fraction of sp³-hybridized carbons (Fsp3) is 0.625. The van der Waals surface area contributed by atoms with Crippen molar-refractivity contribution >= 4 is 24.7 Å². The zero-order valence-electron chi connectivity index (χ0n) is 11.8. The van der Waals surface area contributed by atoms with Gasteiger partial charge in [-0.2, -0.15) is 0 Å². The van der Waals surface area contributed by atoms with Gasteiger partial charge in [-0.25, -0.2) is 4.39 Å². The summed E-state index contributed by atoms with van der Waals surface area (Å²) < 4.78 is 14.2. The van der Waals surface area contributed by atoms with Crippen molar-refractivity contribution in [1.29, 1.82) is 0 Å². The molecule has 0 unspecified atom stereocenters. The van der Waals surface area contributed by atoms with E-state index in [2.05, 4.69) is 28.9 Å². The lowest BCUT2D eigenvalue weighted by atomic mass is 9.93. The summed E-state index contributed by atoms with van der Waals surface area (Å²) in [7, 11) is -0.445. The molecular weight excluding hydrogens is 319 g/mol. The van der Waals surface area contributed by atoms with E-state index in [-0.39, 0.29) is 5.82 Å². The molecule has 3 heteroatoms. The number of unbranched alkanes of at least 4 members (excludes halogenated alkanes) is 2. The monoisotopic (exact) mass is 342 g/mol. The molecule has 1 saturated heterocycles. The molecule has 0 aromatic heterocycles. The van der Waals surface area contributed by atoms with Crippen molar-refractivity contribution in [2.75, 3.05) is 0 Å². The summed E-state index contributed by atoms with van der Waals surface area (Å²) in [5.41, 5.74) is 1.21. The Morgan fingerprint density at radius 3 is 2.63 bits per heavy atom. The molecule has 2 rings (SSSR count). The number of hydrogen-bond acceptors (Lipinski definition) is 0. The van der Waals surface area contributed by atoms with Crippen molar-refractivity contribution in [2.24, 2.45) is 0 Å². The predicted octanol–water partition coefficient (Wildman–Crippen LogP) is 5.88. The first-order chi connectivity index (χ1) is 9.20. The Bertz CT molecular complexity index is 400. The van der Waals surface area contributed by atoms with Gasteiger partial charge >= 0.3 is 0 Å². The van der Waals surface area contributed by atoms with Gasteiger partial charge in [0, 0.05) is 8.80 Å². The van der Waals surface area contributed by atoms with Gasteiger partial charge in [0.2, 0.25) is 0 Å². The van der Waals surface area contributed by atoms with E-state index in [1.165, 1.54) is 55.8 Å². The molecule has 106 valence electrons. The van der Waals surface area contributed by atoms with Crippen molar-refractivity contribution in [3.05, 3.63) is 34.1 Å². The highest BCUT2D eigenvalue weighted by molar-refractivity contribution is 9.10. The molecule has 0 aliphatic carbocycles. The second-order valence-corrected chi connectivity index (χ2v) is 10.2. The number of benzene rings is 1. The van der Waals surface area contributed by atoms with E-state index in [4.69, 9.17) is 0 Å². The summed E-state index contributed by atoms with van der Waals surface area (Å²) in [6.07, 6.45) is 6.78. The maximum Gasteiger partial charge on any atom is 0.137 e. The lowest BCUT2D eigenvalue weighted by Crippen LogP contribution is -2.20. The molecule has 1 aliphatic heterocycles. The minimum Gasteiger partial charge on any atom is -0.206 e. The molecule has 19 heavy (non-hydrogen) atoms. The highest BCUT2D eigenvalue weighted by atomic mass is 79.9. The van der Waals surface area contributed by atoms with E-state index >= 15 is 0 Å². The van der Waals surface area contributed by atoms with Crippen LogP contribution in [0.4, 0.5) is 4.39 Å². The molecule has 0 saturated carbocycles. The molecule has 0 atom stereocenters. The van der Waals surface area contributed by atoms with Crippen molar-refractivity contribution in [3.63, 3.8) is 0 Å².